The molecule has 0 unspecified atom stereocenters. The maximum Gasteiger partial charge on any atom is 0.274 e. The van der Waals surface area contributed by atoms with Crippen LogP contribution in [-0.2, 0) is 12.8 Å². The molecule has 0 saturated carbocycles. The molecule has 0 N–H and O–H groups in total. The zero-order valence-electron chi connectivity index (χ0n) is 16.4. The van der Waals surface area contributed by atoms with Crippen LogP contribution in [-0.4, -0.2) is 58.2 Å². The lowest BCUT2D eigenvalue weighted by molar-refractivity contribution is 0.0636. The Labute approximate surface area is 173 Å². The van der Waals surface area contributed by atoms with Crippen LogP contribution in [0.4, 0.5) is 4.39 Å². The summed E-state index contributed by atoms with van der Waals surface area (Å²) in [5.74, 6) is -0.317. The van der Waals surface area contributed by atoms with E-state index in [1.807, 2.05) is 11.0 Å². The van der Waals surface area contributed by atoms with Gasteiger partial charge in [-0.15, -0.1) is 11.3 Å². The molecule has 1 fully saturated rings. The van der Waals surface area contributed by atoms with E-state index in [9.17, 15) is 9.18 Å². The number of halogens is 1. The topological polar surface area (TPSA) is 41.4 Å². The van der Waals surface area contributed by atoms with Gasteiger partial charge in [0.05, 0.1) is 11.4 Å². The van der Waals surface area contributed by atoms with Crippen LogP contribution in [0.5, 0.6) is 0 Å². The zero-order valence-corrected chi connectivity index (χ0v) is 17.2. The third kappa shape index (κ3) is 3.18. The Morgan fingerprint density at radius 1 is 1.17 bits per heavy atom. The lowest BCUT2D eigenvalue weighted by Gasteiger charge is -2.33. The fourth-order valence-corrected chi connectivity index (χ4v) is 5.21. The molecule has 7 heteroatoms. The van der Waals surface area contributed by atoms with Crippen molar-refractivity contribution in [2.75, 3.05) is 32.7 Å². The van der Waals surface area contributed by atoms with Gasteiger partial charge in [0.2, 0.25) is 0 Å². The highest BCUT2D eigenvalue weighted by atomic mass is 32.1. The van der Waals surface area contributed by atoms with Gasteiger partial charge >= 0.3 is 0 Å². The number of hydrogen-bond donors (Lipinski definition) is 0. The summed E-state index contributed by atoms with van der Waals surface area (Å²) < 4.78 is 15.7. The third-order valence-electron chi connectivity index (χ3n) is 5.95. The van der Waals surface area contributed by atoms with Gasteiger partial charge in [-0.1, -0.05) is 13.0 Å². The highest BCUT2D eigenvalue weighted by molar-refractivity contribution is 7.10. The van der Waals surface area contributed by atoms with E-state index in [1.54, 1.807) is 22.1 Å². The molecule has 1 aliphatic heterocycles. The summed E-state index contributed by atoms with van der Waals surface area (Å²) in [6, 6.07) is 8.51. The number of hydrogen-bond acceptors (Lipinski definition) is 4. The second-order valence-corrected chi connectivity index (χ2v) is 8.55. The number of amides is 1. The number of piperazine rings is 1. The largest absolute Gasteiger partial charge is 0.335 e. The van der Waals surface area contributed by atoms with Crippen molar-refractivity contribution < 1.29 is 9.18 Å². The maximum atomic E-state index is 13.9. The van der Waals surface area contributed by atoms with Crippen LogP contribution in [0, 0.1) is 5.82 Å². The van der Waals surface area contributed by atoms with E-state index in [-0.39, 0.29) is 11.7 Å². The molecule has 1 aliphatic carbocycles. The minimum atomic E-state index is -0.309. The molecule has 0 radical (unpaired) electrons. The molecule has 2 aromatic heterocycles. The van der Waals surface area contributed by atoms with Crippen molar-refractivity contribution >= 4 is 17.2 Å². The second kappa shape index (κ2) is 7.39. The first-order valence-corrected chi connectivity index (χ1v) is 11.0. The summed E-state index contributed by atoms with van der Waals surface area (Å²) in [4.78, 5) is 18.9. The highest BCUT2D eigenvalue weighted by Gasteiger charge is 2.32. The molecule has 5 rings (SSSR count). The third-order valence-corrected chi connectivity index (χ3v) is 6.93. The van der Waals surface area contributed by atoms with E-state index in [0.717, 1.165) is 62.4 Å². The number of fused-ring (bicyclic) bond motifs is 3. The van der Waals surface area contributed by atoms with Gasteiger partial charge < -0.3 is 9.80 Å². The smallest absolute Gasteiger partial charge is 0.274 e. The lowest BCUT2D eigenvalue weighted by Crippen LogP contribution is -2.48. The number of thiophene rings is 1. The Hall–Kier alpha value is -2.51. The average Bonchev–Trinajstić information content (AvgIpc) is 3.37. The van der Waals surface area contributed by atoms with Gasteiger partial charge in [-0.3, -0.25) is 4.79 Å². The van der Waals surface area contributed by atoms with Gasteiger partial charge in [-0.25, -0.2) is 9.07 Å². The number of carbonyl (C=O) groups is 1. The van der Waals surface area contributed by atoms with E-state index in [0.29, 0.717) is 11.4 Å². The van der Waals surface area contributed by atoms with Crippen LogP contribution in [0.25, 0.3) is 16.9 Å². The Morgan fingerprint density at radius 3 is 2.76 bits per heavy atom. The van der Waals surface area contributed by atoms with E-state index < -0.39 is 0 Å². The summed E-state index contributed by atoms with van der Waals surface area (Å²) in [5.41, 5.74) is 4.21. The first kappa shape index (κ1) is 18.5. The van der Waals surface area contributed by atoms with Crippen LogP contribution < -0.4 is 0 Å². The number of aryl methyl sites for hydroxylation is 1. The molecular formula is C22H23FN4OS. The van der Waals surface area contributed by atoms with Gasteiger partial charge in [0.1, 0.15) is 5.82 Å². The first-order chi connectivity index (χ1) is 14.2. The van der Waals surface area contributed by atoms with Gasteiger partial charge in [0.15, 0.2) is 5.69 Å². The van der Waals surface area contributed by atoms with Crippen molar-refractivity contribution in [2.24, 2.45) is 0 Å². The van der Waals surface area contributed by atoms with Crippen LogP contribution in [0.15, 0.2) is 35.7 Å². The van der Waals surface area contributed by atoms with Crippen LogP contribution in [0.3, 0.4) is 0 Å². The molecule has 1 saturated heterocycles. The molecule has 3 heterocycles. The van der Waals surface area contributed by atoms with E-state index >= 15 is 0 Å². The summed E-state index contributed by atoms with van der Waals surface area (Å²) in [6.45, 7) is 6.38. The summed E-state index contributed by atoms with van der Waals surface area (Å²) in [6.07, 6.45) is 1.70. The number of aromatic nitrogens is 2. The van der Waals surface area contributed by atoms with Gasteiger partial charge in [-0.2, -0.15) is 5.10 Å². The van der Waals surface area contributed by atoms with Gasteiger partial charge in [0, 0.05) is 42.2 Å². The van der Waals surface area contributed by atoms with Gasteiger partial charge in [0.25, 0.3) is 5.91 Å². The molecule has 0 atom stereocenters. The summed E-state index contributed by atoms with van der Waals surface area (Å²) >= 11 is 1.73. The van der Waals surface area contributed by atoms with Crippen LogP contribution >= 0.6 is 11.3 Å². The number of rotatable bonds is 3. The maximum absolute atomic E-state index is 13.9. The lowest BCUT2D eigenvalue weighted by atomic mass is 9.94. The van der Waals surface area contributed by atoms with Crippen LogP contribution in [0.2, 0.25) is 0 Å². The van der Waals surface area contributed by atoms with Crippen LogP contribution in [0.1, 0.15) is 27.9 Å². The highest BCUT2D eigenvalue weighted by Crippen LogP contribution is 2.39. The number of nitrogens with zero attached hydrogens (tertiary/aromatic N) is 4. The molecule has 150 valence electrons. The molecule has 2 aliphatic rings. The van der Waals surface area contributed by atoms with Crippen molar-refractivity contribution in [1.82, 2.24) is 19.6 Å². The number of benzene rings is 1. The molecule has 1 amide bonds. The van der Waals surface area contributed by atoms with Crippen molar-refractivity contribution in [3.05, 3.63) is 57.7 Å². The molecule has 5 nitrogen and oxygen atoms in total. The minimum absolute atomic E-state index is 0.00849. The van der Waals surface area contributed by atoms with Crippen molar-refractivity contribution in [3.8, 4) is 16.9 Å². The Kier molecular flexibility index (Phi) is 4.72. The molecule has 3 aromatic rings. The molecular weight excluding hydrogens is 387 g/mol. The number of carbonyl (C=O) groups excluding carboxylic acids is 1. The SMILES string of the molecule is CCN1CCN(C(=O)c2nn(-c3cccc(F)c3)c3c2CCc2sccc2-3)CC1. The van der Waals surface area contributed by atoms with Gasteiger partial charge in [-0.05, 0) is 49.0 Å². The normalized spacial score (nSPS) is 16.6. The Bertz CT molecular complexity index is 1060. The summed E-state index contributed by atoms with van der Waals surface area (Å²) in [5, 5.41) is 6.82. The standard InChI is InChI=1S/C22H23FN4OS/c1-2-25-9-11-26(12-10-25)22(28)20-18-6-7-19-17(8-13-29-19)21(18)27(24-20)16-5-3-4-15(23)14-16/h3-5,8,13-14H,2,6-7,9-12H2,1H3. The Morgan fingerprint density at radius 2 is 2.00 bits per heavy atom. The minimum Gasteiger partial charge on any atom is -0.335 e. The van der Waals surface area contributed by atoms with E-state index in [1.165, 1.54) is 17.0 Å². The molecule has 1 aromatic carbocycles. The molecule has 0 spiro atoms. The predicted molar refractivity (Wildman–Crippen MR) is 112 cm³/mol. The van der Waals surface area contributed by atoms with E-state index in [4.69, 9.17) is 5.10 Å². The van der Waals surface area contributed by atoms with E-state index in [2.05, 4.69) is 23.3 Å². The van der Waals surface area contributed by atoms with Crippen molar-refractivity contribution in [1.29, 1.82) is 0 Å². The van der Waals surface area contributed by atoms with Crippen molar-refractivity contribution in [2.45, 2.75) is 19.8 Å². The number of likely N-dealkylation sites (N-methyl/N-ethyl adjacent to an activating group) is 1. The second-order valence-electron chi connectivity index (χ2n) is 7.55. The Balaban J connectivity index is 1.59. The predicted octanol–water partition coefficient (Wildman–Crippen LogP) is 3.62. The fraction of sp³-hybridized carbons (Fsp3) is 0.364. The fourth-order valence-electron chi connectivity index (χ4n) is 4.33. The molecule has 29 heavy (non-hydrogen) atoms. The average molecular weight is 411 g/mol. The quantitative estimate of drug-likeness (QED) is 0.662. The summed E-state index contributed by atoms with van der Waals surface area (Å²) in [7, 11) is 0. The van der Waals surface area contributed by atoms with Crippen molar-refractivity contribution in [3.63, 3.8) is 0 Å². The monoisotopic (exact) mass is 410 g/mol. The molecule has 0 bridgehead atoms. The zero-order chi connectivity index (χ0) is 20.0. The first-order valence-electron chi connectivity index (χ1n) is 10.1.